The smallest absolute Gasteiger partial charge is 0.0711 e. The number of hydrogen-bond donors (Lipinski definition) is 0. The van der Waals surface area contributed by atoms with Crippen LogP contribution in [0.3, 0.4) is 0 Å². The third-order valence-corrected chi connectivity index (χ3v) is 13.1. The molecule has 1 heteroatoms. The second-order valence-corrected chi connectivity index (χ2v) is 15.6. The SMILES string of the molecule is CC(C)CCC[C@@H](C)[C@H]1CCC2C3CC[C@H]4Cc5nc6cc7ccccc7cc6cc5C[C@]4(C)C3CC[C@@]21C. The van der Waals surface area contributed by atoms with Crippen LogP contribution in [0, 0.1) is 52.3 Å². The van der Waals surface area contributed by atoms with Gasteiger partial charge in [-0.1, -0.05) is 78.1 Å². The van der Waals surface area contributed by atoms with E-state index in [0.717, 1.165) is 41.4 Å². The van der Waals surface area contributed by atoms with Crippen molar-refractivity contribution in [2.75, 3.05) is 0 Å². The molecular formula is C38H51N. The van der Waals surface area contributed by atoms with E-state index < -0.39 is 0 Å². The molecule has 0 saturated heterocycles. The lowest BCUT2D eigenvalue weighted by molar-refractivity contribution is -0.103. The van der Waals surface area contributed by atoms with Crippen LogP contribution in [0.25, 0.3) is 21.7 Å². The van der Waals surface area contributed by atoms with Gasteiger partial charge in [-0.15, -0.1) is 0 Å². The zero-order valence-electron chi connectivity index (χ0n) is 25.3. The zero-order valence-corrected chi connectivity index (χ0v) is 25.3. The molecule has 0 N–H and O–H groups in total. The summed E-state index contributed by atoms with van der Waals surface area (Å²) in [5.74, 6) is 6.35. The fourth-order valence-electron chi connectivity index (χ4n) is 11.1. The Morgan fingerprint density at radius 3 is 2.38 bits per heavy atom. The van der Waals surface area contributed by atoms with E-state index in [1.807, 2.05) is 0 Å². The number of hydrogen-bond acceptors (Lipinski definition) is 1. The maximum atomic E-state index is 5.32. The van der Waals surface area contributed by atoms with Crippen molar-refractivity contribution in [1.82, 2.24) is 4.98 Å². The van der Waals surface area contributed by atoms with Crippen molar-refractivity contribution in [3.05, 3.63) is 53.7 Å². The zero-order chi connectivity index (χ0) is 26.9. The Morgan fingerprint density at radius 2 is 1.59 bits per heavy atom. The molecule has 1 heterocycles. The molecule has 3 aromatic rings. The monoisotopic (exact) mass is 521 g/mol. The molecule has 3 unspecified atom stereocenters. The minimum absolute atomic E-state index is 0.449. The molecule has 2 aromatic carbocycles. The van der Waals surface area contributed by atoms with Crippen molar-refractivity contribution >= 4 is 21.7 Å². The predicted molar refractivity (Wildman–Crippen MR) is 166 cm³/mol. The molecule has 3 saturated carbocycles. The summed E-state index contributed by atoms with van der Waals surface area (Å²) in [7, 11) is 0. The molecule has 0 aliphatic heterocycles. The van der Waals surface area contributed by atoms with Gasteiger partial charge < -0.3 is 0 Å². The average Bonchev–Trinajstić information content (AvgIpc) is 3.26. The van der Waals surface area contributed by atoms with Crippen LogP contribution in [0.5, 0.6) is 0 Å². The summed E-state index contributed by atoms with van der Waals surface area (Å²) < 4.78 is 0. The minimum atomic E-state index is 0.449. The molecular weight excluding hydrogens is 470 g/mol. The number of fused-ring (bicyclic) bond motifs is 8. The van der Waals surface area contributed by atoms with E-state index in [1.54, 1.807) is 5.56 Å². The molecule has 0 spiro atoms. The molecule has 0 amide bonds. The van der Waals surface area contributed by atoms with Gasteiger partial charge in [0.2, 0.25) is 0 Å². The fourth-order valence-corrected chi connectivity index (χ4v) is 11.1. The van der Waals surface area contributed by atoms with Gasteiger partial charge in [-0.3, -0.25) is 4.98 Å². The maximum absolute atomic E-state index is 5.32. The number of aromatic nitrogens is 1. The minimum Gasteiger partial charge on any atom is -0.253 e. The van der Waals surface area contributed by atoms with Crippen molar-refractivity contribution in [2.24, 2.45) is 52.3 Å². The first-order chi connectivity index (χ1) is 18.8. The van der Waals surface area contributed by atoms with E-state index in [4.69, 9.17) is 4.98 Å². The van der Waals surface area contributed by atoms with E-state index in [0.29, 0.717) is 10.8 Å². The summed E-state index contributed by atoms with van der Waals surface area (Å²) in [6.07, 6.45) is 15.6. The van der Waals surface area contributed by atoms with Gasteiger partial charge in [-0.25, -0.2) is 0 Å². The van der Waals surface area contributed by atoms with Crippen LogP contribution in [0.2, 0.25) is 0 Å². The van der Waals surface area contributed by atoms with Crippen molar-refractivity contribution < 1.29 is 0 Å². The average molecular weight is 522 g/mol. The Hall–Kier alpha value is -1.89. The molecule has 0 bridgehead atoms. The van der Waals surface area contributed by atoms with Crippen LogP contribution in [0.1, 0.15) is 104 Å². The van der Waals surface area contributed by atoms with Crippen LogP contribution < -0.4 is 0 Å². The topological polar surface area (TPSA) is 12.9 Å². The summed E-state index contributed by atoms with van der Waals surface area (Å²) in [5.41, 5.74) is 5.21. The summed E-state index contributed by atoms with van der Waals surface area (Å²) in [5, 5.41) is 3.99. The third-order valence-electron chi connectivity index (χ3n) is 13.1. The Kier molecular flexibility index (Phi) is 6.41. The second kappa shape index (κ2) is 9.60. The van der Waals surface area contributed by atoms with Gasteiger partial charge in [-0.2, -0.15) is 0 Å². The van der Waals surface area contributed by atoms with Gasteiger partial charge in [0.1, 0.15) is 0 Å². The Balaban J connectivity index is 1.14. The first kappa shape index (κ1) is 26.0. The largest absolute Gasteiger partial charge is 0.253 e. The lowest BCUT2D eigenvalue weighted by Crippen LogP contribution is -2.54. The van der Waals surface area contributed by atoms with Gasteiger partial charge in [0.15, 0.2) is 0 Å². The van der Waals surface area contributed by atoms with Crippen molar-refractivity contribution in [3.63, 3.8) is 0 Å². The lowest BCUT2D eigenvalue weighted by atomic mass is 9.44. The van der Waals surface area contributed by atoms with Crippen LogP contribution >= 0.6 is 0 Å². The second-order valence-electron chi connectivity index (χ2n) is 15.6. The van der Waals surface area contributed by atoms with E-state index >= 15 is 0 Å². The Bertz CT molecular complexity index is 1370. The summed E-state index contributed by atoms with van der Waals surface area (Å²) in [4.78, 5) is 5.32. The molecule has 4 aliphatic carbocycles. The summed E-state index contributed by atoms with van der Waals surface area (Å²) in [6, 6.07) is 16.0. The van der Waals surface area contributed by atoms with E-state index in [-0.39, 0.29) is 0 Å². The first-order valence-corrected chi connectivity index (χ1v) is 16.6. The predicted octanol–water partition coefficient (Wildman–Crippen LogP) is 10.4. The number of rotatable bonds is 5. The molecule has 208 valence electrons. The van der Waals surface area contributed by atoms with Gasteiger partial charge >= 0.3 is 0 Å². The maximum Gasteiger partial charge on any atom is 0.0711 e. The van der Waals surface area contributed by atoms with Crippen LogP contribution in [0.15, 0.2) is 42.5 Å². The molecule has 4 aliphatic rings. The molecule has 7 rings (SSSR count). The molecule has 39 heavy (non-hydrogen) atoms. The number of pyridine rings is 1. The third kappa shape index (κ3) is 4.19. The summed E-state index contributed by atoms with van der Waals surface area (Å²) >= 11 is 0. The quantitative estimate of drug-likeness (QED) is 0.304. The van der Waals surface area contributed by atoms with E-state index in [1.165, 1.54) is 98.0 Å². The molecule has 1 aromatic heterocycles. The molecule has 8 atom stereocenters. The van der Waals surface area contributed by atoms with E-state index in [9.17, 15) is 0 Å². The van der Waals surface area contributed by atoms with Crippen LogP contribution in [-0.2, 0) is 12.8 Å². The highest BCUT2D eigenvalue weighted by Gasteiger charge is 2.60. The lowest BCUT2D eigenvalue weighted by Gasteiger charge is -2.60. The highest BCUT2D eigenvalue weighted by Crippen LogP contribution is 2.68. The van der Waals surface area contributed by atoms with E-state index in [2.05, 4.69) is 77.1 Å². The normalized spacial score (nSPS) is 36.4. The Morgan fingerprint density at radius 1 is 0.821 bits per heavy atom. The van der Waals surface area contributed by atoms with Crippen molar-refractivity contribution in [2.45, 2.75) is 105 Å². The van der Waals surface area contributed by atoms with Crippen LogP contribution in [-0.4, -0.2) is 4.98 Å². The standard InChI is InChI=1S/C38H51N/c1-24(2)9-8-10-25(3)32-15-16-33-31-14-13-30-22-36-29(23-38(30,5)34(31)17-18-37(32,33)4)20-28-19-26-11-6-7-12-27(26)21-35(28)39-36/h6-7,11-12,19-21,24-25,30-34H,8-10,13-18,22-23H2,1-5H3/t25-,30+,31?,32-,33?,34?,37-,38+/m1/s1. The first-order valence-electron chi connectivity index (χ1n) is 16.6. The van der Waals surface area contributed by atoms with Crippen LogP contribution in [0.4, 0.5) is 0 Å². The van der Waals surface area contributed by atoms with Crippen molar-refractivity contribution in [3.8, 4) is 0 Å². The highest BCUT2D eigenvalue weighted by atomic mass is 14.7. The summed E-state index contributed by atoms with van der Waals surface area (Å²) in [6.45, 7) is 12.8. The Labute approximate surface area is 237 Å². The number of benzene rings is 2. The highest BCUT2D eigenvalue weighted by molar-refractivity contribution is 5.96. The molecule has 3 fully saturated rings. The number of nitrogens with zero attached hydrogens (tertiary/aromatic N) is 1. The fraction of sp³-hybridized carbons (Fsp3) is 0.658. The van der Waals surface area contributed by atoms with Gasteiger partial charge in [0.25, 0.3) is 0 Å². The van der Waals surface area contributed by atoms with Crippen molar-refractivity contribution in [1.29, 1.82) is 0 Å². The van der Waals surface area contributed by atoms with Gasteiger partial charge in [0, 0.05) is 11.1 Å². The van der Waals surface area contributed by atoms with Gasteiger partial charge in [-0.05, 0) is 138 Å². The molecule has 1 nitrogen and oxygen atoms in total. The van der Waals surface area contributed by atoms with Gasteiger partial charge in [0.05, 0.1) is 5.52 Å². The molecule has 0 radical (unpaired) electrons.